The van der Waals surface area contributed by atoms with Crippen LogP contribution in [0.5, 0.6) is 0 Å². The Balaban J connectivity index is 2.97. The fraction of sp³-hybridized carbons (Fsp3) is 1.00. The highest BCUT2D eigenvalue weighted by Gasteiger charge is 1.94. The van der Waals surface area contributed by atoms with Crippen molar-refractivity contribution in [1.82, 2.24) is 10.2 Å². The van der Waals surface area contributed by atoms with E-state index in [4.69, 9.17) is 4.74 Å². The van der Waals surface area contributed by atoms with Gasteiger partial charge in [0.2, 0.25) is 0 Å². The zero-order chi connectivity index (χ0) is 8.53. The van der Waals surface area contributed by atoms with Gasteiger partial charge in [0, 0.05) is 20.4 Å². The van der Waals surface area contributed by atoms with Gasteiger partial charge in [0.1, 0.15) is 0 Å². The lowest BCUT2D eigenvalue weighted by atomic mass is 10.3. The van der Waals surface area contributed by atoms with Gasteiger partial charge in [0.05, 0.1) is 0 Å². The summed E-state index contributed by atoms with van der Waals surface area (Å²) in [6.45, 7) is 2.99. The fourth-order valence-electron chi connectivity index (χ4n) is 0.977. The summed E-state index contributed by atoms with van der Waals surface area (Å²) < 4.78 is 4.95. The van der Waals surface area contributed by atoms with Crippen molar-refractivity contribution in [2.45, 2.75) is 12.8 Å². The molecule has 1 N–H and O–H groups in total. The van der Waals surface area contributed by atoms with Crippen molar-refractivity contribution in [3.8, 4) is 0 Å². The van der Waals surface area contributed by atoms with E-state index in [1.807, 2.05) is 7.05 Å². The van der Waals surface area contributed by atoms with Gasteiger partial charge in [-0.25, -0.2) is 0 Å². The van der Waals surface area contributed by atoms with E-state index in [0.717, 1.165) is 26.2 Å². The molecule has 0 aromatic rings. The Morgan fingerprint density at radius 1 is 1.36 bits per heavy atom. The van der Waals surface area contributed by atoms with E-state index in [2.05, 4.69) is 17.3 Å². The van der Waals surface area contributed by atoms with Crippen LogP contribution in [0, 0.1) is 0 Å². The zero-order valence-electron chi connectivity index (χ0n) is 7.89. The number of unbranched alkanes of at least 4 members (excludes halogenated alkanes) is 1. The van der Waals surface area contributed by atoms with E-state index in [-0.39, 0.29) is 0 Å². The molecule has 3 nitrogen and oxygen atoms in total. The first-order chi connectivity index (χ1) is 5.31. The van der Waals surface area contributed by atoms with Crippen LogP contribution in [0.25, 0.3) is 0 Å². The molecule has 0 aliphatic heterocycles. The maximum atomic E-state index is 4.95. The summed E-state index contributed by atoms with van der Waals surface area (Å²) in [6, 6.07) is 0. The number of hydrogen-bond acceptors (Lipinski definition) is 3. The minimum absolute atomic E-state index is 0.882. The van der Waals surface area contributed by atoms with E-state index in [1.165, 1.54) is 6.42 Å². The summed E-state index contributed by atoms with van der Waals surface area (Å²) in [5.41, 5.74) is 0. The molecule has 68 valence electrons. The topological polar surface area (TPSA) is 24.5 Å². The summed E-state index contributed by atoms with van der Waals surface area (Å²) in [5, 5.41) is 3.10. The lowest BCUT2D eigenvalue weighted by molar-refractivity contribution is 0.186. The number of nitrogens with zero attached hydrogens (tertiary/aromatic N) is 1. The van der Waals surface area contributed by atoms with E-state index >= 15 is 0 Å². The monoisotopic (exact) mass is 160 g/mol. The molecular weight excluding hydrogens is 140 g/mol. The summed E-state index contributed by atoms with van der Waals surface area (Å²) >= 11 is 0. The third-order valence-corrected chi connectivity index (χ3v) is 1.57. The highest BCUT2D eigenvalue weighted by atomic mass is 16.5. The Bertz CT molecular complexity index is 78.5. The van der Waals surface area contributed by atoms with Crippen molar-refractivity contribution in [3.05, 3.63) is 0 Å². The predicted octanol–water partition coefficient (Wildman–Crippen LogP) is 0.522. The van der Waals surface area contributed by atoms with E-state index in [1.54, 1.807) is 7.11 Å². The molecule has 11 heavy (non-hydrogen) atoms. The molecule has 0 aromatic heterocycles. The van der Waals surface area contributed by atoms with Crippen LogP contribution >= 0.6 is 0 Å². The van der Waals surface area contributed by atoms with Crippen LogP contribution in [0.1, 0.15) is 12.8 Å². The van der Waals surface area contributed by atoms with E-state index in [0.29, 0.717) is 0 Å². The molecule has 0 saturated carbocycles. The standard InChI is InChI=1S/C8H20N2O/c1-9-8-10(2)6-4-5-7-11-3/h9H,4-8H2,1-3H3. The average molecular weight is 160 g/mol. The van der Waals surface area contributed by atoms with Crippen molar-refractivity contribution in [3.63, 3.8) is 0 Å². The molecule has 0 rings (SSSR count). The first kappa shape index (κ1) is 10.9. The first-order valence-corrected chi connectivity index (χ1v) is 4.13. The molecule has 0 fully saturated rings. The molecule has 0 aliphatic carbocycles. The Labute approximate surface area is 69.7 Å². The molecule has 0 aliphatic rings. The van der Waals surface area contributed by atoms with Crippen LogP contribution < -0.4 is 5.32 Å². The summed E-state index contributed by atoms with van der Waals surface area (Å²) in [5.74, 6) is 0. The highest BCUT2D eigenvalue weighted by molar-refractivity contribution is 4.48. The Hall–Kier alpha value is -0.120. The lowest BCUT2D eigenvalue weighted by Crippen LogP contribution is -2.29. The molecule has 0 heterocycles. The maximum absolute atomic E-state index is 4.95. The minimum atomic E-state index is 0.882. The Morgan fingerprint density at radius 2 is 2.09 bits per heavy atom. The molecular formula is C8H20N2O. The second-order valence-electron chi connectivity index (χ2n) is 2.79. The largest absolute Gasteiger partial charge is 0.385 e. The number of hydrogen-bond donors (Lipinski definition) is 1. The molecule has 0 atom stereocenters. The van der Waals surface area contributed by atoms with Crippen molar-refractivity contribution in [1.29, 1.82) is 0 Å². The number of methoxy groups -OCH3 is 1. The van der Waals surface area contributed by atoms with Gasteiger partial charge in [0.25, 0.3) is 0 Å². The highest BCUT2D eigenvalue weighted by Crippen LogP contribution is 1.91. The lowest BCUT2D eigenvalue weighted by Gasteiger charge is -2.14. The molecule has 0 radical (unpaired) electrons. The smallest absolute Gasteiger partial charge is 0.0475 e. The second kappa shape index (κ2) is 7.98. The van der Waals surface area contributed by atoms with Gasteiger partial charge in [-0.3, -0.25) is 4.90 Å². The Morgan fingerprint density at radius 3 is 2.64 bits per heavy atom. The molecule has 3 heteroatoms. The van der Waals surface area contributed by atoms with Crippen LogP contribution in [0.2, 0.25) is 0 Å². The van der Waals surface area contributed by atoms with Gasteiger partial charge in [0.15, 0.2) is 0 Å². The van der Waals surface area contributed by atoms with Gasteiger partial charge < -0.3 is 10.1 Å². The number of rotatable bonds is 7. The van der Waals surface area contributed by atoms with Crippen molar-refractivity contribution >= 4 is 0 Å². The average Bonchev–Trinajstić information content (AvgIpc) is 1.99. The molecule has 0 spiro atoms. The van der Waals surface area contributed by atoms with Crippen molar-refractivity contribution < 1.29 is 4.74 Å². The minimum Gasteiger partial charge on any atom is -0.385 e. The normalized spacial score (nSPS) is 10.9. The van der Waals surface area contributed by atoms with Crippen LogP contribution in [0.15, 0.2) is 0 Å². The molecule has 0 unspecified atom stereocenters. The summed E-state index contributed by atoms with van der Waals surface area (Å²) in [7, 11) is 5.83. The van der Waals surface area contributed by atoms with Crippen LogP contribution in [-0.2, 0) is 4.74 Å². The summed E-state index contributed by atoms with van der Waals surface area (Å²) in [6.07, 6.45) is 2.37. The SMILES string of the molecule is CNCN(C)CCCCOC. The number of ether oxygens (including phenoxy) is 1. The first-order valence-electron chi connectivity index (χ1n) is 4.13. The zero-order valence-corrected chi connectivity index (χ0v) is 7.89. The number of nitrogens with one attached hydrogen (secondary N) is 1. The van der Waals surface area contributed by atoms with Crippen LogP contribution in [-0.4, -0.2) is 45.9 Å². The Kier molecular flexibility index (Phi) is 7.89. The third-order valence-electron chi connectivity index (χ3n) is 1.57. The van der Waals surface area contributed by atoms with E-state index < -0.39 is 0 Å². The van der Waals surface area contributed by atoms with Crippen LogP contribution in [0.3, 0.4) is 0 Å². The molecule has 0 bridgehead atoms. The van der Waals surface area contributed by atoms with Gasteiger partial charge in [-0.05, 0) is 33.5 Å². The fourth-order valence-corrected chi connectivity index (χ4v) is 0.977. The quantitative estimate of drug-likeness (QED) is 0.434. The molecule has 0 amide bonds. The van der Waals surface area contributed by atoms with Crippen LogP contribution in [0.4, 0.5) is 0 Å². The third kappa shape index (κ3) is 7.78. The molecule has 0 saturated heterocycles. The van der Waals surface area contributed by atoms with Gasteiger partial charge >= 0.3 is 0 Å². The van der Waals surface area contributed by atoms with Crippen molar-refractivity contribution in [2.24, 2.45) is 0 Å². The predicted molar refractivity (Wildman–Crippen MR) is 47.7 cm³/mol. The summed E-state index contributed by atoms with van der Waals surface area (Å²) in [4.78, 5) is 2.26. The van der Waals surface area contributed by atoms with Gasteiger partial charge in [-0.2, -0.15) is 0 Å². The van der Waals surface area contributed by atoms with Crippen molar-refractivity contribution in [2.75, 3.05) is 41.0 Å². The van der Waals surface area contributed by atoms with Gasteiger partial charge in [-0.1, -0.05) is 0 Å². The maximum Gasteiger partial charge on any atom is 0.0475 e. The molecule has 0 aromatic carbocycles. The van der Waals surface area contributed by atoms with E-state index in [9.17, 15) is 0 Å². The second-order valence-corrected chi connectivity index (χ2v) is 2.79. The van der Waals surface area contributed by atoms with Gasteiger partial charge in [-0.15, -0.1) is 0 Å².